The Labute approximate surface area is 159 Å². The van der Waals surface area contributed by atoms with E-state index in [9.17, 15) is 14.4 Å². The second-order valence-electron chi connectivity index (χ2n) is 6.71. The number of hydrogen-bond donors (Lipinski definition) is 2. The summed E-state index contributed by atoms with van der Waals surface area (Å²) in [5, 5.41) is 5.76. The van der Waals surface area contributed by atoms with Crippen molar-refractivity contribution in [2.75, 3.05) is 32.7 Å². The predicted octanol–water partition coefficient (Wildman–Crippen LogP) is 2.37. The molecule has 0 radical (unpaired) electrons. The zero-order chi connectivity index (χ0) is 19.6. The fourth-order valence-corrected chi connectivity index (χ4v) is 3.31. The predicted molar refractivity (Wildman–Crippen MR) is 101 cm³/mol. The van der Waals surface area contributed by atoms with Crippen LogP contribution in [0.25, 0.3) is 0 Å². The van der Waals surface area contributed by atoms with Gasteiger partial charge < -0.3 is 20.1 Å². The highest BCUT2D eigenvalue weighted by atomic mass is 16.5. The van der Waals surface area contributed by atoms with Gasteiger partial charge in [0.1, 0.15) is 0 Å². The highest BCUT2D eigenvalue weighted by Gasteiger charge is 2.30. The van der Waals surface area contributed by atoms with E-state index in [0.29, 0.717) is 50.1 Å². The van der Waals surface area contributed by atoms with Crippen LogP contribution in [-0.4, -0.2) is 45.2 Å². The number of para-hydroxylation sites is 1. The van der Waals surface area contributed by atoms with Crippen LogP contribution in [-0.2, 0) is 19.1 Å². The van der Waals surface area contributed by atoms with E-state index in [1.54, 1.807) is 31.4 Å². The number of hydrogen-bond acceptors (Lipinski definition) is 5. The van der Waals surface area contributed by atoms with Crippen LogP contribution < -0.4 is 10.6 Å². The fourth-order valence-electron chi connectivity index (χ4n) is 3.31. The minimum absolute atomic E-state index is 0.0426. The van der Waals surface area contributed by atoms with E-state index in [1.807, 2.05) is 0 Å². The molecular weight excluding hydrogens is 348 g/mol. The molecule has 7 heteroatoms. The van der Waals surface area contributed by atoms with Crippen molar-refractivity contribution in [2.45, 2.75) is 32.1 Å². The molecule has 0 heterocycles. The molecule has 0 bridgehead atoms. The zero-order valence-corrected chi connectivity index (χ0v) is 16.0. The first-order valence-electron chi connectivity index (χ1n) is 9.31. The van der Waals surface area contributed by atoms with Crippen molar-refractivity contribution >= 4 is 23.5 Å². The topological polar surface area (TPSA) is 93.7 Å². The monoisotopic (exact) mass is 376 g/mol. The minimum Gasteiger partial charge on any atom is -0.465 e. The van der Waals surface area contributed by atoms with Gasteiger partial charge in [-0.05, 0) is 44.2 Å². The highest BCUT2D eigenvalue weighted by Crippen LogP contribution is 2.30. The number of benzene rings is 1. The largest absolute Gasteiger partial charge is 0.465 e. The molecule has 0 spiro atoms. The average Bonchev–Trinajstić information content (AvgIpc) is 2.71. The normalized spacial score (nSPS) is 19.2. The van der Waals surface area contributed by atoms with E-state index in [0.717, 1.165) is 6.42 Å². The van der Waals surface area contributed by atoms with Crippen LogP contribution in [0.1, 0.15) is 42.5 Å². The van der Waals surface area contributed by atoms with E-state index >= 15 is 0 Å². The molecule has 1 aliphatic carbocycles. The van der Waals surface area contributed by atoms with Gasteiger partial charge in [-0.1, -0.05) is 12.1 Å². The van der Waals surface area contributed by atoms with Gasteiger partial charge in [0.15, 0.2) is 0 Å². The summed E-state index contributed by atoms with van der Waals surface area (Å²) in [7, 11) is 2.94. The van der Waals surface area contributed by atoms with Gasteiger partial charge in [-0.15, -0.1) is 0 Å². The number of methoxy groups -OCH3 is 2. The van der Waals surface area contributed by atoms with Crippen LogP contribution >= 0.6 is 0 Å². The van der Waals surface area contributed by atoms with Crippen molar-refractivity contribution in [1.82, 2.24) is 5.32 Å². The molecule has 1 saturated carbocycles. The lowest BCUT2D eigenvalue weighted by atomic mass is 9.81. The van der Waals surface area contributed by atoms with Gasteiger partial charge in [-0.2, -0.15) is 0 Å². The number of anilines is 1. The van der Waals surface area contributed by atoms with Crippen LogP contribution in [0.3, 0.4) is 0 Å². The van der Waals surface area contributed by atoms with E-state index < -0.39 is 5.97 Å². The maximum absolute atomic E-state index is 12.6. The summed E-state index contributed by atoms with van der Waals surface area (Å²) in [4.78, 5) is 36.6. The molecule has 1 aromatic carbocycles. The molecule has 27 heavy (non-hydrogen) atoms. The summed E-state index contributed by atoms with van der Waals surface area (Å²) < 4.78 is 9.71. The van der Waals surface area contributed by atoms with Crippen LogP contribution in [0.2, 0.25) is 0 Å². The van der Waals surface area contributed by atoms with Gasteiger partial charge in [-0.25, -0.2) is 4.79 Å². The van der Waals surface area contributed by atoms with Crippen molar-refractivity contribution in [3.05, 3.63) is 29.8 Å². The molecule has 0 aliphatic heterocycles. The Morgan fingerprint density at radius 1 is 1.00 bits per heavy atom. The van der Waals surface area contributed by atoms with Gasteiger partial charge in [0, 0.05) is 32.1 Å². The molecule has 0 aromatic heterocycles. The van der Waals surface area contributed by atoms with Crippen LogP contribution in [0.15, 0.2) is 24.3 Å². The Kier molecular flexibility index (Phi) is 8.26. The van der Waals surface area contributed by atoms with Crippen molar-refractivity contribution < 1.29 is 23.9 Å². The number of carbonyl (C=O) groups is 3. The Hall–Kier alpha value is -2.41. The van der Waals surface area contributed by atoms with Gasteiger partial charge >= 0.3 is 5.97 Å². The van der Waals surface area contributed by atoms with Crippen LogP contribution in [0.5, 0.6) is 0 Å². The second kappa shape index (κ2) is 10.7. The van der Waals surface area contributed by atoms with E-state index in [-0.39, 0.29) is 23.7 Å². The Morgan fingerprint density at radius 3 is 2.26 bits per heavy atom. The minimum atomic E-state index is -0.486. The summed E-state index contributed by atoms with van der Waals surface area (Å²) in [5.74, 6) is -0.752. The average molecular weight is 376 g/mol. The molecule has 1 aromatic rings. The summed E-state index contributed by atoms with van der Waals surface area (Å²) >= 11 is 0. The van der Waals surface area contributed by atoms with Gasteiger partial charge in [0.05, 0.1) is 18.4 Å². The summed E-state index contributed by atoms with van der Waals surface area (Å²) in [6, 6.07) is 6.78. The molecule has 1 aliphatic rings. The summed E-state index contributed by atoms with van der Waals surface area (Å²) in [6.45, 7) is 1.23. The molecule has 1 fully saturated rings. The third-order valence-corrected chi connectivity index (χ3v) is 4.88. The lowest BCUT2D eigenvalue weighted by Gasteiger charge is -2.27. The first-order valence-corrected chi connectivity index (χ1v) is 9.31. The van der Waals surface area contributed by atoms with Crippen LogP contribution in [0.4, 0.5) is 5.69 Å². The van der Waals surface area contributed by atoms with Crippen molar-refractivity contribution in [1.29, 1.82) is 0 Å². The number of carbonyl (C=O) groups excluding carboxylic acids is 3. The molecule has 2 N–H and O–H groups in total. The SMILES string of the molecule is COCCCNC(=O)C1CCC(C(=O)Nc2ccccc2C(=O)OC)CC1. The van der Waals surface area contributed by atoms with Gasteiger partial charge in [0.2, 0.25) is 11.8 Å². The van der Waals surface area contributed by atoms with Gasteiger partial charge in [0.25, 0.3) is 0 Å². The van der Waals surface area contributed by atoms with Crippen molar-refractivity contribution in [3.8, 4) is 0 Å². The molecule has 0 atom stereocenters. The molecular formula is C20H28N2O5. The summed E-state index contributed by atoms with van der Waals surface area (Å²) in [6.07, 6.45) is 3.48. The maximum atomic E-state index is 12.6. The number of esters is 1. The molecule has 148 valence electrons. The third-order valence-electron chi connectivity index (χ3n) is 4.88. The van der Waals surface area contributed by atoms with Gasteiger partial charge in [-0.3, -0.25) is 9.59 Å². The standard InChI is InChI=1S/C20H28N2O5/c1-26-13-5-12-21-18(23)14-8-10-15(11-9-14)19(24)22-17-7-4-3-6-16(17)20(25)27-2/h3-4,6-7,14-15H,5,8-13H2,1-2H3,(H,21,23)(H,22,24). The molecule has 2 amide bonds. The smallest absolute Gasteiger partial charge is 0.339 e. The van der Waals surface area contributed by atoms with E-state index in [4.69, 9.17) is 9.47 Å². The molecule has 0 saturated heterocycles. The van der Waals surface area contributed by atoms with Crippen molar-refractivity contribution in [3.63, 3.8) is 0 Å². The Morgan fingerprint density at radius 2 is 1.63 bits per heavy atom. The first kappa shape index (κ1) is 20.9. The number of rotatable bonds is 8. The van der Waals surface area contributed by atoms with Crippen molar-refractivity contribution in [2.24, 2.45) is 11.8 Å². The first-order chi connectivity index (χ1) is 13.1. The second-order valence-corrected chi connectivity index (χ2v) is 6.71. The quantitative estimate of drug-likeness (QED) is 0.537. The zero-order valence-electron chi connectivity index (χ0n) is 16.0. The van der Waals surface area contributed by atoms with E-state index in [2.05, 4.69) is 10.6 Å². The Bertz CT molecular complexity index is 654. The summed E-state index contributed by atoms with van der Waals surface area (Å²) in [5.41, 5.74) is 0.782. The highest BCUT2D eigenvalue weighted by molar-refractivity contribution is 6.01. The maximum Gasteiger partial charge on any atom is 0.339 e. The lowest BCUT2D eigenvalue weighted by molar-refractivity contribution is -0.128. The number of ether oxygens (including phenoxy) is 2. The van der Waals surface area contributed by atoms with E-state index in [1.165, 1.54) is 7.11 Å². The lowest BCUT2D eigenvalue weighted by Crippen LogP contribution is -2.36. The molecule has 2 rings (SSSR count). The van der Waals surface area contributed by atoms with Crippen LogP contribution in [0, 0.1) is 11.8 Å². The molecule has 7 nitrogen and oxygen atoms in total. The Balaban J connectivity index is 1.83. The molecule has 0 unspecified atom stereocenters. The third kappa shape index (κ3) is 6.06. The fraction of sp³-hybridized carbons (Fsp3) is 0.550. The number of nitrogens with one attached hydrogen (secondary N) is 2. The number of amides is 2.